The zero-order chi connectivity index (χ0) is 27.7. The number of benzene rings is 2. The van der Waals surface area contributed by atoms with Gasteiger partial charge in [-0.05, 0) is 77.0 Å². The van der Waals surface area contributed by atoms with Gasteiger partial charge >= 0.3 is 6.18 Å². The predicted molar refractivity (Wildman–Crippen MR) is 145 cm³/mol. The summed E-state index contributed by atoms with van der Waals surface area (Å²) < 4.78 is 47.2. The van der Waals surface area contributed by atoms with E-state index in [-0.39, 0.29) is 38.1 Å². The molecule has 1 aliphatic carbocycles. The molecule has 2 aliphatic rings. The lowest BCUT2D eigenvalue weighted by Gasteiger charge is -2.26. The highest BCUT2D eigenvalue weighted by Gasteiger charge is 2.51. The summed E-state index contributed by atoms with van der Waals surface area (Å²) in [6.45, 7) is 1.12. The monoisotopic (exact) mass is 652 g/mol. The van der Waals surface area contributed by atoms with Crippen molar-refractivity contribution < 1.29 is 27.5 Å². The highest BCUT2D eigenvalue weighted by Crippen LogP contribution is 2.41. The first-order valence-corrected chi connectivity index (χ1v) is 13.7. The van der Waals surface area contributed by atoms with Gasteiger partial charge in [-0.2, -0.15) is 13.2 Å². The van der Waals surface area contributed by atoms with Crippen molar-refractivity contribution in [2.45, 2.75) is 49.4 Å². The number of alkyl halides is 3. The van der Waals surface area contributed by atoms with Crippen LogP contribution < -0.4 is 10.6 Å². The molecule has 2 aromatic carbocycles. The maximum Gasteiger partial charge on any atom is 0.399 e. The van der Waals surface area contributed by atoms with Crippen LogP contribution in [0.15, 0.2) is 40.9 Å². The summed E-state index contributed by atoms with van der Waals surface area (Å²) in [5, 5.41) is 5.59. The molecule has 1 aliphatic heterocycles. The van der Waals surface area contributed by atoms with Crippen LogP contribution in [0.25, 0.3) is 6.08 Å². The zero-order valence-corrected chi connectivity index (χ0v) is 23.7. The van der Waals surface area contributed by atoms with Crippen molar-refractivity contribution in [1.82, 2.24) is 10.6 Å². The van der Waals surface area contributed by atoms with E-state index in [1.165, 1.54) is 24.3 Å². The Labute approximate surface area is 241 Å². The summed E-state index contributed by atoms with van der Waals surface area (Å²) in [4.78, 5) is 25.7. The van der Waals surface area contributed by atoms with Crippen LogP contribution in [0, 0.1) is 0 Å². The van der Waals surface area contributed by atoms with Crippen molar-refractivity contribution in [2.24, 2.45) is 0 Å². The minimum atomic E-state index is -4.61. The Morgan fingerprint density at radius 1 is 1.13 bits per heavy atom. The van der Waals surface area contributed by atoms with Gasteiger partial charge in [0.2, 0.25) is 5.91 Å². The quantitative estimate of drug-likeness (QED) is 0.308. The molecule has 1 saturated carbocycles. The van der Waals surface area contributed by atoms with Gasteiger partial charge in [0.25, 0.3) is 5.91 Å². The average molecular weight is 655 g/mol. The SMILES string of the molecule is O=C(NC1(C(=O)NC2CCCOC2)CC1)c1ccc(C=CC(c2cc(Cl)c(Cl)c(Cl)c2)C(F)(F)F)cc1Br. The van der Waals surface area contributed by atoms with Gasteiger partial charge in [0.1, 0.15) is 5.54 Å². The van der Waals surface area contributed by atoms with Crippen LogP contribution in [-0.2, 0) is 9.53 Å². The fourth-order valence-electron chi connectivity index (χ4n) is 4.19. The molecule has 0 bridgehead atoms. The topological polar surface area (TPSA) is 67.4 Å². The Morgan fingerprint density at radius 3 is 2.37 bits per heavy atom. The van der Waals surface area contributed by atoms with Crippen LogP contribution in [0.4, 0.5) is 13.2 Å². The molecular formula is C26H23BrCl3F3N2O3. The second kappa shape index (κ2) is 11.8. The number of ether oxygens (including phenoxy) is 1. The van der Waals surface area contributed by atoms with Gasteiger partial charge in [0.05, 0.1) is 39.2 Å². The van der Waals surface area contributed by atoms with Crippen molar-refractivity contribution >= 4 is 68.6 Å². The van der Waals surface area contributed by atoms with E-state index in [4.69, 9.17) is 39.5 Å². The number of hydrogen-bond donors (Lipinski definition) is 2. The first-order valence-electron chi connectivity index (χ1n) is 11.8. The standard InChI is InChI=1S/C26H23BrCl3F3N2O3/c27-19-10-14(4-6-18(26(31,32)33)15-11-20(28)22(30)21(29)12-15)3-5-17(19)23(36)35-25(7-8-25)24(37)34-16-2-1-9-38-13-16/h3-6,10-12,16,18H,1-2,7-9,13H2,(H,34,37)(H,35,36). The number of hydrogen-bond acceptors (Lipinski definition) is 3. The molecule has 12 heteroatoms. The average Bonchev–Trinajstić information content (AvgIpc) is 3.63. The molecule has 1 heterocycles. The number of amides is 2. The lowest BCUT2D eigenvalue weighted by atomic mass is 9.97. The van der Waals surface area contributed by atoms with Crippen molar-refractivity contribution in [3.05, 3.63) is 72.6 Å². The minimum Gasteiger partial charge on any atom is -0.379 e. The van der Waals surface area contributed by atoms with Crippen LogP contribution >= 0.6 is 50.7 Å². The highest BCUT2D eigenvalue weighted by atomic mass is 79.9. The second-order valence-electron chi connectivity index (χ2n) is 9.34. The summed E-state index contributed by atoms with van der Waals surface area (Å²) in [7, 11) is 0. The number of halogens is 7. The van der Waals surface area contributed by atoms with Crippen LogP contribution in [0.3, 0.4) is 0 Å². The molecule has 2 unspecified atom stereocenters. The van der Waals surface area contributed by atoms with E-state index in [0.717, 1.165) is 31.1 Å². The number of carbonyl (C=O) groups excluding carboxylic acids is 2. The van der Waals surface area contributed by atoms with Gasteiger partial charge in [-0.1, -0.05) is 53.0 Å². The zero-order valence-electron chi connectivity index (χ0n) is 19.8. The maximum atomic E-state index is 13.8. The molecule has 204 valence electrons. The van der Waals surface area contributed by atoms with Gasteiger partial charge in [-0.25, -0.2) is 0 Å². The molecule has 38 heavy (non-hydrogen) atoms. The van der Waals surface area contributed by atoms with E-state index < -0.39 is 23.5 Å². The lowest BCUT2D eigenvalue weighted by Crippen LogP contribution is -2.53. The van der Waals surface area contributed by atoms with Crippen molar-refractivity contribution in [3.63, 3.8) is 0 Å². The first kappa shape index (κ1) is 29.2. The van der Waals surface area contributed by atoms with Gasteiger partial charge in [-0.3, -0.25) is 9.59 Å². The van der Waals surface area contributed by atoms with E-state index in [2.05, 4.69) is 26.6 Å². The number of allylic oxidation sites excluding steroid dienone is 1. The van der Waals surface area contributed by atoms with Gasteiger partial charge in [0, 0.05) is 11.1 Å². The van der Waals surface area contributed by atoms with Crippen LogP contribution in [0.2, 0.25) is 15.1 Å². The summed E-state index contributed by atoms with van der Waals surface area (Å²) >= 11 is 21.1. The first-order chi connectivity index (χ1) is 17.9. The van der Waals surface area contributed by atoms with Gasteiger partial charge in [0.15, 0.2) is 0 Å². The second-order valence-corrected chi connectivity index (χ2v) is 11.4. The fraction of sp³-hybridized carbons (Fsp3) is 0.385. The highest BCUT2D eigenvalue weighted by molar-refractivity contribution is 9.10. The summed E-state index contributed by atoms with van der Waals surface area (Å²) in [6.07, 6.45) is 0.394. The van der Waals surface area contributed by atoms with Crippen molar-refractivity contribution in [2.75, 3.05) is 13.2 Å². The Morgan fingerprint density at radius 2 is 1.82 bits per heavy atom. The predicted octanol–water partition coefficient (Wildman–Crippen LogP) is 7.33. The molecule has 0 aromatic heterocycles. The molecule has 2 N–H and O–H groups in total. The van der Waals surface area contributed by atoms with Crippen LogP contribution in [0.1, 0.15) is 53.1 Å². The third kappa shape index (κ3) is 6.86. The van der Waals surface area contributed by atoms with E-state index in [1.807, 2.05) is 0 Å². The molecule has 2 fully saturated rings. The molecule has 5 nitrogen and oxygen atoms in total. The maximum absolute atomic E-state index is 13.8. The van der Waals surface area contributed by atoms with E-state index in [1.54, 1.807) is 0 Å². The summed E-state index contributed by atoms with van der Waals surface area (Å²) in [5.41, 5.74) is -0.444. The van der Waals surface area contributed by atoms with Crippen molar-refractivity contribution in [3.8, 4) is 0 Å². The normalized spacial score (nSPS) is 19.7. The fourth-order valence-corrected chi connectivity index (χ4v) is 5.38. The van der Waals surface area contributed by atoms with Crippen LogP contribution in [0.5, 0.6) is 0 Å². The summed E-state index contributed by atoms with van der Waals surface area (Å²) in [6, 6.07) is 6.72. The molecule has 2 aromatic rings. The van der Waals surface area contributed by atoms with E-state index in [9.17, 15) is 22.8 Å². The van der Waals surface area contributed by atoms with Gasteiger partial charge < -0.3 is 15.4 Å². The lowest BCUT2D eigenvalue weighted by molar-refractivity contribution is -0.139. The smallest absolute Gasteiger partial charge is 0.379 e. The molecule has 1 saturated heterocycles. The Bertz CT molecular complexity index is 1240. The van der Waals surface area contributed by atoms with E-state index >= 15 is 0 Å². The summed E-state index contributed by atoms with van der Waals surface area (Å²) in [5.74, 6) is -2.68. The largest absolute Gasteiger partial charge is 0.399 e. The van der Waals surface area contributed by atoms with Crippen molar-refractivity contribution in [1.29, 1.82) is 0 Å². The third-order valence-electron chi connectivity index (χ3n) is 6.47. The molecule has 0 spiro atoms. The third-order valence-corrected chi connectivity index (χ3v) is 8.32. The molecule has 2 atom stereocenters. The number of carbonyl (C=O) groups is 2. The Balaban J connectivity index is 1.46. The van der Waals surface area contributed by atoms with Crippen LogP contribution in [-0.4, -0.2) is 42.8 Å². The molecular weight excluding hydrogens is 632 g/mol. The molecule has 4 rings (SSSR count). The van der Waals surface area contributed by atoms with E-state index in [0.29, 0.717) is 36.1 Å². The number of rotatable bonds is 7. The van der Waals surface area contributed by atoms with Gasteiger partial charge in [-0.15, -0.1) is 0 Å². The minimum absolute atomic E-state index is 0.0201. The molecule has 0 radical (unpaired) electrons. The Hall–Kier alpha value is -1.78. The Kier molecular flexibility index (Phi) is 9.04. The molecule has 2 amide bonds. The number of nitrogens with one attached hydrogen (secondary N) is 2.